The monoisotopic (exact) mass is 385 g/mol. The van der Waals surface area contributed by atoms with Gasteiger partial charge in [0.15, 0.2) is 0 Å². The van der Waals surface area contributed by atoms with Gasteiger partial charge < -0.3 is 16.0 Å². The van der Waals surface area contributed by atoms with Crippen LogP contribution in [0.25, 0.3) is 0 Å². The molecule has 1 heterocycles. The Labute approximate surface area is 164 Å². The van der Waals surface area contributed by atoms with Crippen molar-refractivity contribution in [2.75, 3.05) is 26.2 Å². The summed E-state index contributed by atoms with van der Waals surface area (Å²) in [4.78, 5) is 24.5. The Bertz CT molecular complexity index is 804. The molecule has 2 aromatic carbocycles. The number of rotatable bonds is 6. The Hall–Kier alpha value is -2.37. The summed E-state index contributed by atoms with van der Waals surface area (Å²) < 4.78 is 0. The van der Waals surface area contributed by atoms with E-state index in [9.17, 15) is 9.59 Å². The summed E-state index contributed by atoms with van der Waals surface area (Å²) >= 11 is 6.01. The highest BCUT2D eigenvalue weighted by Crippen LogP contribution is 2.23. The molecule has 3 N–H and O–H groups in total. The number of halogens is 1. The molecule has 0 aromatic heterocycles. The van der Waals surface area contributed by atoms with Crippen molar-refractivity contribution in [2.45, 2.75) is 18.8 Å². The molecule has 1 atom stereocenters. The van der Waals surface area contributed by atoms with E-state index in [-0.39, 0.29) is 11.8 Å². The fourth-order valence-electron chi connectivity index (χ4n) is 3.26. The fourth-order valence-corrected chi connectivity index (χ4v) is 3.49. The van der Waals surface area contributed by atoms with E-state index in [2.05, 4.69) is 22.0 Å². The molecule has 1 aliphatic heterocycles. The Kier molecular flexibility index (Phi) is 6.85. The van der Waals surface area contributed by atoms with Crippen LogP contribution < -0.4 is 16.0 Å². The minimum Gasteiger partial charge on any atom is -0.350 e. The zero-order valence-electron chi connectivity index (χ0n) is 15.1. The third kappa shape index (κ3) is 5.31. The molecule has 2 amide bonds. The molecule has 2 aromatic rings. The van der Waals surface area contributed by atoms with E-state index < -0.39 is 0 Å². The number of hydrogen-bond acceptors (Lipinski definition) is 3. The van der Waals surface area contributed by atoms with Crippen LogP contribution in [0.3, 0.4) is 0 Å². The van der Waals surface area contributed by atoms with Crippen LogP contribution in [0, 0.1) is 0 Å². The Morgan fingerprint density at radius 3 is 2.56 bits per heavy atom. The molecular weight excluding hydrogens is 362 g/mol. The van der Waals surface area contributed by atoms with Crippen molar-refractivity contribution < 1.29 is 9.59 Å². The maximum Gasteiger partial charge on any atom is 0.252 e. The quantitative estimate of drug-likeness (QED) is 0.669. The molecule has 5 nitrogen and oxygen atoms in total. The van der Waals surface area contributed by atoms with Crippen molar-refractivity contribution in [1.29, 1.82) is 0 Å². The fraction of sp³-hybridized carbons (Fsp3) is 0.333. The van der Waals surface area contributed by atoms with Gasteiger partial charge in [-0.15, -0.1) is 0 Å². The van der Waals surface area contributed by atoms with Gasteiger partial charge in [-0.2, -0.15) is 0 Å². The minimum atomic E-state index is -0.248. The zero-order chi connectivity index (χ0) is 19.1. The highest BCUT2D eigenvalue weighted by molar-refractivity contribution is 6.33. The molecule has 0 aliphatic carbocycles. The minimum absolute atomic E-state index is 0.132. The first kappa shape index (κ1) is 19.4. The topological polar surface area (TPSA) is 70.2 Å². The number of amides is 2. The molecule has 0 spiro atoms. The van der Waals surface area contributed by atoms with E-state index in [0.29, 0.717) is 35.2 Å². The van der Waals surface area contributed by atoms with Crippen molar-refractivity contribution in [3.05, 3.63) is 70.2 Å². The van der Waals surface area contributed by atoms with Crippen LogP contribution in [0.1, 0.15) is 45.0 Å². The molecule has 1 fully saturated rings. The van der Waals surface area contributed by atoms with Crippen molar-refractivity contribution in [2.24, 2.45) is 0 Å². The average molecular weight is 386 g/mol. The van der Waals surface area contributed by atoms with Gasteiger partial charge in [0.1, 0.15) is 0 Å². The van der Waals surface area contributed by atoms with Gasteiger partial charge in [0.05, 0.1) is 10.6 Å². The first-order valence-corrected chi connectivity index (χ1v) is 9.64. The van der Waals surface area contributed by atoms with Gasteiger partial charge >= 0.3 is 0 Å². The molecule has 0 bridgehead atoms. The van der Waals surface area contributed by atoms with E-state index >= 15 is 0 Å². The molecule has 3 rings (SSSR count). The van der Waals surface area contributed by atoms with Crippen LogP contribution in [0.15, 0.2) is 48.5 Å². The van der Waals surface area contributed by atoms with Crippen molar-refractivity contribution in [3.63, 3.8) is 0 Å². The maximum atomic E-state index is 12.4. The first-order valence-electron chi connectivity index (χ1n) is 9.27. The Morgan fingerprint density at radius 1 is 1.04 bits per heavy atom. The van der Waals surface area contributed by atoms with Gasteiger partial charge in [-0.25, -0.2) is 0 Å². The zero-order valence-corrected chi connectivity index (χ0v) is 15.9. The van der Waals surface area contributed by atoms with Gasteiger partial charge in [-0.1, -0.05) is 35.9 Å². The lowest BCUT2D eigenvalue weighted by atomic mass is 9.90. The van der Waals surface area contributed by atoms with Gasteiger partial charge in [0, 0.05) is 25.2 Å². The van der Waals surface area contributed by atoms with Crippen LogP contribution in [0.2, 0.25) is 5.02 Å². The van der Waals surface area contributed by atoms with Crippen LogP contribution in [0.5, 0.6) is 0 Å². The first-order chi connectivity index (χ1) is 13.1. The standard InChI is InChI=1S/C21H24ClN3O2/c22-19-9-2-1-8-18(19)21(27)25-12-11-24-20(26)16-6-3-5-15(13-16)17-7-4-10-23-14-17/h1-3,5-6,8-9,13,17,23H,4,7,10-12,14H2,(H,24,26)(H,25,27)/t17-/m0/s1. The predicted octanol–water partition coefficient (Wildman–Crippen LogP) is 2.97. The van der Waals surface area contributed by atoms with E-state index in [0.717, 1.165) is 25.9 Å². The number of hydrogen-bond donors (Lipinski definition) is 3. The van der Waals surface area contributed by atoms with E-state index in [1.165, 1.54) is 5.56 Å². The summed E-state index contributed by atoms with van der Waals surface area (Å²) in [7, 11) is 0. The number of nitrogens with one attached hydrogen (secondary N) is 3. The van der Waals surface area contributed by atoms with Gasteiger partial charge in [0.25, 0.3) is 11.8 Å². The summed E-state index contributed by atoms with van der Waals surface area (Å²) in [6.07, 6.45) is 2.30. The molecular formula is C21H24ClN3O2. The summed E-state index contributed by atoms with van der Waals surface area (Å²) in [5.41, 5.74) is 2.27. The largest absolute Gasteiger partial charge is 0.350 e. The van der Waals surface area contributed by atoms with Gasteiger partial charge in [-0.05, 0) is 55.1 Å². The van der Waals surface area contributed by atoms with E-state index in [4.69, 9.17) is 11.6 Å². The van der Waals surface area contributed by atoms with Crippen molar-refractivity contribution >= 4 is 23.4 Å². The van der Waals surface area contributed by atoms with Crippen molar-refractivity contribution in [3.8, 4) is 0 Å². The second-order valence-corrected chi connectivity index (χ2v) is 7.07. The number of piperidine rings is 1. The van der Waals surface area contributed by atoms with Gasteiger partial charge in [-0.3, -0.25) is 9.59 Å². The van der Waals surface area contributed by atoms with E-state index in [1.54, 1.807) is 24.3 Å². The average Bonchev–Trinajstić information content (AvgIpc) is 2.72. The maximum absolute atomic E-state index is 12.4. The molecule has 0 saturated carbocycles. The molecule has 1 aliphatic rings. The number of carbonyl (C=O) groups is 2. The lowest BCUT2D eigenvalue weighted by Crippen LogP contribution is -2.35. The molecule has 27 heavy (non-hydrogen) atoms. The summed E-state index contributed by atoms with van der Waals surface area (Å²) in [6, 6.07) is 14.7. The Morgan fingerprint density at radius 2 is 1.81 bits per heavy atom. The lowest BCUT2D eigenvalue weighted by Gasteiger charge is -2.23. The highest BCUT2D eigenvalue weighted by Gasteiger charge is 2.16. The normalized spacial score (nSPS) is 16.6. The SMILES string of the molecule is O=C(NCCNC(=O)c1ccccc1Cl)c1cccc([C@H]2CCCNC2)c1. The third-order valence-electron chi connectivity index (χ3n) is 4.73. The van der Waals surface area contributed by atoms with Crippen LogP contribution in [-0.4, -0.2) is 38.0 Å². The van der Waals surface area contributed by atoms with Crippen LogP contribution in [0.4, 0.5) is 0 Å². The predicted molar refractivity (Wildman–Crippen MR) is 107 cm³/mol. The van der Waals surface area contributed by atoms with Crippen molar-refractivity contribution in [1.82, 2.24) is 16.0 Å². The molecule has 6 heteroatoms. The molecule has 1 saturated heterocycles. The lowest BCUT2D eigenvalue weighted by molar-refractivity contribution is 0.0927. The van der Waals surface area contributed by atoms with Gasteiger partial charge in [0.2, 0.25) is 0 Å². The van der Waals surface area contributed by atoms with E-state index in [1.807, 2.05) is 18.2 Å². The van der Waals surface area contributed by atoms with Crippen LogP contribution >= 0.6 is 11.6 Å². The molecule has 142 valence electrons. The highest BCUT2D eigenvalue weighted by atomic mass is 35.5. The smallest absolute Gasteiger partial charge is 0.252 e. The summed E-state index contributed by atoms with van der Waals surface area (Å²) in [6.45, 7) is 2.71. The Balaban J connectivity index is 1.48. The second kappa shape index (κ2) is 9.53. The summed E-state index contributed by atoms with van der Waals surface area (Å²) in [5, 5.41) is 9.42. The molecule has 0 radical (unpaired) electrons. The second-order valence-electron chi connectivity index (χ2n) is 6.66. The van der Waals surface area contributed by atoms with Crippen LogP contribution in [-0.2, 0) is 0 Å². The third-order valence-corrected chi connectivity index (χ3v) is 5.06. The number of benzene rings is 2. The molecule has 0 unspecified atom stereocenters. The summed E-state index contributed by atoms with van der Waals surface area (Å²) in [5.74, 6) is 0.0793. The number of carbonyl (C=O) groups excluding carboxylic acids is 2.